The summed E-state index contributed by atoms with van der Waals surface area (Å²) in [6, 6.07) is 7.61. The van der Waals surface area contributed by atoms with Crippen LogP contribution in [0.1, 0.15) is 31.4 Å². The largest absolute Gasteiger partial charge is 0.484 e. The Kier molecular flexibility index (Phi) is 3.68. The van der Waals surface area contributed by atoms with E-state index in [0.29, 0.717) is 18.4 Å². The minimum Gasteiger partial charge on any atom is -0.484 e. The van der Waals surface area contributed by atoms with Gasteiger partial charge >= 0.3 is 0 Å². The maximum atomic E-state index is 5.71. The van der Waals surface area contributed by atoms with Crippen LogP contribution in [-0.4, -0.2) is 19.7 Å². The molecular weight excluding hydrogens is 268 g/mol. The van der Waals surface area contributed by atoms with Crippen LogP contribution in [0, 0.1) is 0 Å². The first kappa shape index (κ1) is 13.4. The molecule has 2 heterocycles. The van der Waals surface area contributed by atoms with Crippen LogP contribution in [0.2, 0.25) is 0 Å². The minimum atomic E-state index is 0.299. The molecule has 0 aliphatic carbocycles. The Morgan fingerprint density at radius 1 is 1.33 bits per heavy atom. The SMILES string of the molecule is CC(C)c1cnc(COc2cccc(-n3cncn3)c2)o1. The molecule has 3 aromatic rings. The molecule has 2 aromatic heterocycles. The van der Waals surface area contributed by atoms with Gasteiger partial charge in [-0.05, 0) is 12.1 Å². The summed E-state index contributed by atoms with van der Waals surface area (Å²) < 4.78 is 13.0. The first-order chi connectivity index (χ1) is 10.2. The van der Waals surface area contributed by atoms with Crippen molar-refractivity contribution in [2.24, 2.45) is 0 Å². The smallest absolute Gasteiger partial charge is 0.232 e. The van der Waals surface area contributed by atoms with Crippen molar-refractivity contribution in [1.82, 2.24) is 19.7 Å². The second-order valence-corrected chi connectivity index (χ2v) is 4.94. The average molecular weight is 284 g/mol. The maximum absolute atomic E-state index is 5.71. The van der Waals surface area contributed by atoms with Crippen LogP contribution in [0.3, 0.4) is 0 Å². The number of rotatable bonds is 5. The summed E-state index contributed by atoms with van der Waals surface area (Å²) >= 11 is 0. The third-order valence-corrected chi connectivity index (χ3v) is 3.00. The van der Waals surface area contributed by atoms with E-state index >= 15 is 0 Å². The normalized spacial score (nSPS) is 11.0. The van der Waals surface area contributed by atoms with Crippen LogP contribution >= 0.6 is 0 Å². The van der Waals surface area contributed by atoms with Crippen molar-refractivity contribution in [3.8, 4) is 11.4 Å². The molecule has 0 amide bonds. The number of aromatic nitrogens is 4. The van der Waals surface area contributed by atoms with Crippen LogP contribution < -0.4 is 4.74 Å². The lowest BCUT2D eigenvalue weighted by Gasteiger charge is -2.06. The molecule has 0 aliphatic rings. The second-order valence-electron chi connectivity index (χ2n) is 4.94. The lowest BCUT2D eigenvalue weighted by Crippen LogP contribution is -1.98. The van der Waals surface area contributed by atoms with E-state index in [2.05, 4.69) is 28.9 Å². The third kappa shape index (κ3) is 3.10. The highest BCUT2D eigenvalue weighted by atomic mass is 16.5. The summed E-state index contributed by atoms with van der Waals surface area (Å²) in [6.07, 6.45) is 4.88. The molecule has 0 N–H and O–H groups in total. The molecule has 0 unspecified atom stereocenters. The van der Waals surface area contributed by atoms with Gasteiger partial charge in [-0.15, -0.1) is 0 Å². The van der Waals surface area contributed by atoms with Crippen LogP contribution in [-0.2, 0) is 6.61 Å². The van der Waals surface area contributed by atoms with Crippen LogP contribution in [0.25, 0.3) is 5.69 Å². The predicted octanol–water partition coefficient (Wildman–Crippen LogP) is 2.96. The molecule has 0 fully saturated rings. The summed E-state index contributed by atoms with van der Waals surface area (Å²) in [5.74, 6) is 2.49. The Hall–Kier alpha value is -2.63. The van der Waals surface area contributed by atoms with Crippen molar-refractivity contribution in [2.45, 2.75) is 26.4 Å². The van der Waals surface area contributed by atoms with Crippen molar-refractivity contribution in [3.05, 3.63) is 54.8 Å². The fraction of sp³-hybridized carbons (Fsp3) is 0.267. The van der Waals surface area contributed by atoms with Gasteiger partial charge in [-0.2, -0.15) is 5.10 Å². The third-order valence-electron chi connectivity index (χ3n) is 3.00. The molecule has 21 heavy (non-hydrogen) atoms. The number of hydrogen-bond donors (Lipinski definition) is 0. The van der Waals surface area contributed by atoms with Crippen LogP contribution in [0.15, 0.2) is 47.5 Å². The number of hydrogen-bond acceptors (Lipinski definition) is 5. The lowest BCUT2D eigenvalue weighted by molar-refractivity contribution is 0.257. The fourth-order valence-corrected chi connectivity index (χ4v) is 1.86. The number of nitrogens with zero attached hydrogens (tertiary/aromatic N) is 4. The molecule has 6 nitrogen and oxygen atoms in total. The Balaban J connectivity index is 1.69. The van der Waals surface area contributed by atoms with Gasteiger partial charge in [-0.1, -0.05) is 19.9 Å². The second kappa shape index (κ2) is 5.78. The Morgan fingerprint density at radius 3 is 2.95 bits per heavy atom. The van der Waals surface area contributed by atoms with Crippen molar-refractivity contribution in [2.75, 3.05) is 0 Å². The fourth-order valence-electron chi connectivity index (χ4n) is 1.86. The van der Waals surface area contributed by atoms with Gasteiger partial charge < -0.3 is 9.15 Å². The Bertz CT molecular complexity index is 704. The zero-order valence-electron chi connectivity index (χ0n) is 11.9. The Labute approximate surface area is 122 Å². The lowest BCUT2D eigenvalue weighted by atomic mass is 10.2. The van der Waals surface area contributed by atoms with E-state index in [4.69, 9.17) is 9.15 Å². The zero-order chi connectivity index (χ0) is 14.7. The molecule has 108 valence electrons. The standard InChI is InChI=1S/C15H16N4O2/c1-11(2)14-7-17-15(21-14)8-20-13-5-3-4-12(6-13)19-10-16-9-18-19/h3-7,9-11H,8H2,1-2H3. The summed E-state index contributed by atoms with van der Waals surface area (Å²) in [5, 5.41) is 4.09. The van der Waals surface area contributed by atoms with Gasteiger partial charge in [0.1, 0.15) is 24.2 Å². The highest BCUT2D eigenvalue weighted by Gasteiger charge is 2.08. The van der Waals surface area contributed by atoms with Crippen LogP contribution in [0.5, 0.6) is 5.75 Å². The summed E-state index contributed by atoms with van der Waals surface area (Å²) in [5.41, 5.74) is 0.889. The van der Waals surface area contributed by atoms with Crippen molar-refractivity contribution in [3.63, 3.8) is 0 Å². The van der Waals surface area contributed by atoms with Gasteiger partial charge in [-0.25, -0.2) is 14.6 Å². The highest BCUT2D eigenvalue weighted by Crippen LogP contribution is 2.19. The van der Waals surface area contributed by atoms with E-state index in [1.54, 1.807) is 17.2 Å². The minimum absolute atomic E-state index is 0.299. The summed E-state index contributed by atoms with van der Waals surface area (Å²) in [7, 11) is 0. The van der Waals surface area contributed by atoms with Crippen LogP contribution in [0.4, 0.5) is 0 Å². The molecule has 0 bridgehead atoms. The quantitative estimate of drug-likeness (QED) is 0.720. The number of oxazole rings is 1. The molecule has 3 rings (SSSR count). The van der Waals surface area contributed by atoms with Gasteiger partial charge in [0.05, 0.1) is 11.9 Å². The van der Waals surface area contributed by atoms with E-state index in [0.717, 1.165) is 17.2 Å². The molecule has 0 saturated carbocycles. The molecule has 0 radical (unpaired) electrons. The molecule has 0 spiro atoms. The molecule has 0 aliphatic heterocycles. The van der Waals surface area contributed by atoms with E-state index in [1.807, 2.05) is 24.3 Å². The molecule has 0 saturated heterocycles. The average Bonchev–Trinajstić information content (AvgIpc) is 3.17. The molecule has 0 atom stereocenters. The van der Waals surface area contributed by atoms with Gasteiger partial charge in [0.25, 0.3) is 0 Å². The summed E-state index contributed by atoms with van der Waals surface area (Å²) in [6.45, 7) is 4.42. The topological polar surface area (TPSA) is 66.0 Å². The van der Waals surface area contributed by atoms with E-state index in [-0.39, 0.29) is 0 Å². The van der Waals surface area contributed by atoms with Gasteiger partial charge in [-0.3, -0.25) is 0 Å². The van der Waals surface area contributed by atoms with E-state index in [9.17, 15) is 0 Å². The van der Waals surface area contributed by atoms with Gasteiger partial charge in [0.2, 0.25) is 5.89 Å². The number of benzene rings is 1. The van der Waals surface area contributed by atoms with E-state index in [1.165, 1.54) is 6.33 Å². The first-order valence-electron chi connectivity index (χ1n) is 6.75. The molecular formula is C15H16N4O2. The number of ether oxygens (including phenoxy) is 1. The van der Waals surface area contributed by atoms with Gasteiger partial charge in [0.15, 0.2) is 6.61 Å². The first-order valence-corrected chi connectivity index (χ1v) is 6.75. The molecule has 1 aromatic carbocycles. The summed E-state index contributed by atoms with van der Waals surface area (Å²) in [4.78, 5) is 8.13. The molecule has 6 heteroatoms. The monoisotopic (exact) mass is 284 g/mol. The zero-order valence-corrected chi connectivity index (χ0v) is 11.9. The van der Waals surface area contributed by atoms with Crippen molar-refractivity contribution in [1.29, 1.82) is 0 Å². The van der Waals surface area contributed by atoms with Gasteiger partial charge in [0, 0.05) is 12.0 Å². The van der Waals surface area contributed by atoms with E-state index < -0.39 is 0 Å². The Morgan fingerprint density at radius 2 is 2.24 bits per heavy atom. The predicted molar refractivity (Wildman–Crippen MR) is 76.3 cm³/mol. The van der Waals surface area contributed by atoms with Crippen molar-refractivity contribution >= 4 is 0 Å². The maximum Gasteiger partial charge on any atom is 0.232 e. The van der Waals surface area contributed by atoms with Crippen molar-refractivity contribution < 1.29 is 9.15 Å². The highest BCUT2D eigenvalue weighted by molar-refractivity contribution is 5.38.